The van der Waals surface area contributed by atoms with Gasteiger partial charge in [0.1, 0.15) is 17.9 Å². The zero-order valence-electron chi connectivity index (χ0n) is 26.6. The van der Waals surface area contributed by atoms with Crippen molar-refractivity contribution >= 4 is 17.8 Å². The summed E-state index contributed by atoms with van der Waals surface area (Å²) in [5.41, 5.74) is 1.66. The third-order valence-corrected chi connectivity index (χ3v) is 9.01. The fraction of sp³-hybridized carbons (Fsp3) is 0.528. The number of esters is 1. The van der Waals surface area contributed by atoms with Gasteiger partial charge in [-0.2, -0.15) is 0 Å². The smallest absolute Gasteiger partial charge is 0.341 e. The maximum absolute atomic E-state index is 14.0. The number of benzene rings is 2. The van der Waals surface area contributed by atoms with E-state index in [1.807, 2.05) is 30.3 Å². The molecule has 1 saturated heterocycles. The van der Waals surface area contributed by atoms with Crippen LogP contribution in [0.4, 0.5) is 0 Å². The van der Waals surface area contributed by atoms with E-state index in [0.717, 1.165) is 44.1 Å². The fourth-order valence-corrected chi connectivity index (χ4v) is 6.66. The average Bonchev–Trinajstić information content (AvgIpc) is 3.08. The van der Waals surface area contributed by atoms with E-state index in [-0.39, 0.29) is 11.8 Å². The van der Waals surface area contributed by atoms with Crippen molar-refractivity contribution < 1.29 is 38.4 Å². The molecule has 0 spiro atoms. The van der Waals surface area contributed by atoms with Crippen LogP contribution in [0.5, 0.6) is 17.2 Å². The Morgan fingerprint density at radius 1 is 0.978 bits per heavy atom. The lowest BCUT2D eigenvalue weighted by Crippen LogP contribution is -2.52. The number of piperidine rings is 1. The molecule has 1 aliphatic heterocycles. The van der Waals surface area contributed by atoms with Crippen LogP contribution in [0, 0.1) is 11.8 Å². The molecule has 2 aliphatic rings. The fourth-order valence-electron chi connectivity index (χ4n) is 6.66. The molecule has 9 heteroatoms. The molecular weight excluding hydrogens is 574 g/mol. The minimum atomic E-state index is -1.08. The highest BCUT2D eigenvalue weighted by Gasteiger charge is 2.39. The molecule has 2 fully saturated rings. The number of hydrogen-bond donors (Lipinski definition) is 1. The molecule has 0 bridgehead atoms. The Bertz CT molecular complexity index is 1300. The van der Waals surface area contributed by atoms with Crippen molar-refractivity contribution in [2.24, 2.45) is 11.8 Å². The van der Waals surface area contributed by atoms with Crippen molar-refractivity contribution in [1.29, 1.82) is 0 Å². The molecule has 4 rings (SSSR count). The first kappa shape index (κ1) is 33.9. The van der Waals surface area contributed by atoms with Gasteiger partial charge in [0.05, 0.1) is 14.2 Å². The second-order valence-corrected chi connectivity index (χ2v) is 12.0. The summed E-state index contributed by atoms with van der Waals surface area (Å²) in [5.74, 6) is 0.282. The highest BCUT2D eigenvalue weighted by Crippen LogP contribution is 2.36. The van der Waals surface area contributed by atoms with Crippen molar-refractivity contribution in [3.63, 3.8) is 0 Å². The van der Waals surface area contributed by atoms with Gasteiger partial charge in [-0.25, -0.2) is 9.59 Å². The van der Waals surface area contributed by atoms with Crippen LogP contribution < -0.4 is 14.2 Å². The van der Waals surface area contributed by atoms with E-state index in [9.17, 15) is 14.4 Å². The maximum Gasteiger partial charge on any atom is 0.341 e. The number of aliphatic carboxylic acids is 1. The number of hydrogen-bond acceptors (Lipinski definition) is 7. The third-order valence-electron chi connectivity index (χ3n) is 9.01. The summed E-state index contributed by atoms with van der Waals surface area (Å²) >= 11 is 0. The van der Waals surface area contributed by atoms with Crippen molar-refractivity contribution in [3.05, 3.63) is 66.2 Å². The number of rotatable bonds is 15. The second-order valence-electron chi connectivity index (χ2n) is 12.0. The largest absolute Gasteiger partial charge is 0.493 e. The van der Waals surface area contributed by atoms with Gasteiger partial charge in [-0.1, -0.05) is 43.5 Å². The highest BCUT2D eigenvalue weighted by molar-refractivity contribution is 5.86. The van der Waals surface area contributed by atoms with Gasteiger partial charge in [-0.3, -0.25) is 4.79 Å². The molecular formula is C36H47NO8. The van der Waals surface area contributed by atoms with Gasteiger partial charge in [0, 0.05) is 12.5 Å². The summed E-state index contributed by atoms with van der Waals surface area (Å²) in [4.78, 5) is 40.9. The number of allylic oxidation sites excluding steroid dienone is 1. The predicted octanol–water partition coefficient (Wildman–Crippen LogP) is 6.54. The number of carbonyl (C=O) groups excluding carboxylic acids is 2. The topological polar surface area (TPSA) is 112 Å². The van der Waals surface area contributed by atoms with Crippen LogP contribution >= 0.6 is 0 Å². The first-order valence-corrected chi connectivity index (χ1v) is 16.1. The number of aryl methyl sites for hydroxylation is 1. The van der Waals surface area contributed by atoms with Gasteiger partial charge in [0.15, 0.2) is 18.1 Å². The van der Waals surface area contributed by atoms with E-state index < -0.39 is 30.7 Å². The molecule has 1 aliphatic carbocycles. The molecule has 1 unspecified atom stereocenters. The van der Waals surface area contributed by atoms with E-state index >= 15 is 0 Å². The normalized spacial score (nSPS) is 18.4. The second kappa shape index (κ2) is 16.9. The van der Waals surface area contributed by atoms with E-state index in [1.54, 1.807) is 37.3 Å². The third kappa shape index (κ3) is 9.25. The quantitative estimate of drug-likeness (QED) is 0.176. The average molecular weight is 622 g/mol. The minimum Gasteiger partial charge on any atom is -0.493 e. The van der Waals surface area contributed by atoms with Crippen molar-refractivity contribution in [3.8, 4) is 17.2 Å². The number of nitrogens with zero attached hydrogens (tertiary/aromatic N) is 1. The Morgan fingerprint density at radius 3 is 2.44 bits per heavy atom. The van der Waals surface area contributed by atoms with Crippen LogP contribution in [-0.4, -0.2) is 61.3 Å². The number of likely N-dealkylation sites (tertiary alicyclic amines) is 1. The maximum atomic E-state index is 14.0. The van der Waals surface area contributed by atoms with Crippen LogP contribution in [0.3, 0.4) is 0 Å². The standard InChI is InChI=1S/C36H47NO8/c1-4-11-29(26-12-6-5-7-13-26)35(40)37-21-9-8-16-30(37)36(41)45-31(27-14-10-15-28(23-27)44-24-34(38)39)19-17-25-18-20-32(42-2)33(22-25)43-3/h4,10,14-15,18,20,22-23,26,29-31H,1,5-9,11-13,16-17,19,21,24H2,2-3H3,(H,38,39)/t29-,30+,31?/m1/s1. The van der Waals surface area contributed by atoms with Crippen molar-refractivity contribution in [2.45, 2.75) is 82.8 Å². The molecule has 0 aromatic heterocycles. The Balaban J connectivity index is 1.56. The summed E-state index contributed by atoms with van der Waals surface area (Å²) in [6.07, 6.45) is 10.6. The highest BCUT2D eigenvalue weighted by atomic mass is 16.5. The number of carboxylic acid groups (broad SMARTS) is 1. The molecule has 1 amide bonds. The first-order valence-electron chi connectivity index (χ1n) is 16.1. The zero-order valence-corrected chi connectivity index (χ0v) is 26.6. The summed E-state index contributed by atoms with van der Waals surface area (Å²) in [7, 11) is 3.17. The SMILES string of the molecule is C=CC[C@@H](C(=O)N1CCCC[C@H]1C(=O)OC(CCc1ccc(OC)c(OC)c1)c1cccc(OCC(=O)O)c1)C1CCCCC1. The lowest BCUT2D eigenvalue weighted by molar-refractivity contribution is -0.164. The van der Waals surface area contributed by atoms with Gasteiger partial charge >= 0.3 is 11.9 Å². The lowest BCUT2D eigenvalue weighted by atomic mass is 9.77. The van der Waals surface area contributed by atoms with Crippen molar-refractivity contribution in [2.75, 3.05) is 27.4 Å². The number of methoxy groups -OCH3 is 2. The van der Waals surface area contributed by atoms with E-state index in [0.29, 0.717) is 61.0 Å². The molecule has 1 heterocycles. The Morgan fingerprint density at radius 2 is 1.73 bits per heavy atom. The molecule has 9 nitrogen and oxygen atoms in total. The number of amides is 1. The molecule has 45 heavy (non-hydrogen) atoms. The van der Waals surface area contributed by atoms with Crippen LogP contribution in [0.25, 0.3) is 0 Å². The van der Waals surface area contributed by atoms with Crippen molar-refractivity contribution in [1.82, 2.24) is 4.90 Å². The van der Waals surface area contributed by atoms with Gasteiger partial charge in [0.2, 0.25) is 5.91 Å². The molecule has 1 saturated carbocycles. The van der Waals surface area contributed by atoms with E-state index in [2.05, 4.69) is 6.58 Å². The number of ether oxygens (including phenoxy) is 4. The summed E-state index contributed by atoms with van der Waals surface area (Å²) in [6, 6.07) is 12.0. The summed E-state index contributed by atoms with van der Waals surface area (Å²) in [6.45, 7) is 3.98. The Hall–Kier alpha value is -4.01. The van der Waals surface area contributed by atoms with Crippen LogP contribution in [-0.2, 0) is 25.5 Å². The lowest BCUT2D eigenvalue weighted by Gasteiger charge is -2.39. The van der Waals surface area contributed by atoms with Crippen LogP contribution in [0.2, 0.25) is 0 Å². The van der Waals surface area contributed by atoms with E-state index in [4.69, 9.17) is 24.1 Å². The van der Waals surface area contributed by atoms with Gasteiger partial charge < -0.3 is 29.0 Å². The molecule has 0 radical (unpaired) electrons. The summed E-state index contributed by atoms with van der Waals surface area (Å²) in [5, 5.41) is 9.08. The minimum absolute atomic E-state index is 0.0365. The van der Waals surface area contributed by atoms with E-state index in [1.165, 1.54) is 6.42 Å². The van der Waals surface area contributed by atoms with Gasteiger partial charge in [-0.15, -0.1) is 6.58 Å². The number of carboxylic acids is 1. The molecule has 3 atom stereocenters. The Kier molecular flexibility index (Phi) is 12.7. The Labute approximate surface area is 266 Å². The molecule has 244 valence electrons. The molecule has 2 aromatic carbocycles. The molecule has 2 aromatic rings. The number of carbonyl (C=O) groups is 3. The molecule has 1 N–H and O–H groups in total. The van der Waals surface area contributed by atoms with Crippen LogP contribution in [0.15, 0.2) is 55.1 Å². The van der Waals surface area contributed by atoms with Gasteiger partial charge in [-0.05, 0) is 92.7 Å². The predicted molar refractivity (Wildman–Crippen MR) is 171 cm³/mol. The summed E-state index contributed by atoms with van der Waals surface area (Å²) < 4.78 is 22.5. The first-order chi connectivity index (χ1) is 21.8. The van der Waals surface area contributed by atoms with Gasteiger partial charge in [0.25, 0.3) is 0 Å². The zero-order chi connectivity index (χ0) is 32.2. The van der Waals surface area contributed by atoms with Crippen LogP contribution in [0.1, 0.15) is 81.4 Å². The monoisotopic (exact) mass is 621 g/mol.